The molecule has 1 saturated heterocycles. The highest BCUT2D eigenvalue weighted by Crippen LogP contribution is 2.23. The van der Waals surface area contributed by atoms with E-state index < -0.39 is 6.10 Å². The van der Waals surface area contributed by atoms with E-state index in [-0.39, 0.29) is 5.91 Å². The van der Waals surface area contributed by atoms with Crippen LogP contribution >= 0.6 is 0 Å². The number of carbonyl (C=O) groups is 1. The number of aryl methyl sites for hydroxylation is 1. The van der Waals surface area contributed by atoms with E-state index in [0.717, 1.165) is 12.2 Å². The number of ether oxygens (including phenoxy) is 1. The van der Waals surface area contributed by atoms with Crippen LogP contribution in [-0.4, -0.2) is 79.8 Å². The Kier molecular flexibility index (Phi) is 4.75. The molecule has 9 heteroatoms. The van der Waals surface area contributed by atoms with E-state index in [0.29, 0.717) is 57.3 Å². The summed E-state index contributed by atoms with van der Waals surface area (Å²) in [5.74, 6) is 0.149. The van der Waals surface area contributed by atoms with Gasteiger partial charge in [-0.25, -0.2) is 0 Å². The van der Waals surface area contributed by atoms with Crippen LogP contribution in [0.5, 0.6) is 0 Å². The van der Waals surface area contributed by atoms with Crippen LogP contribution in [0.2, 0.25) is 0 Å². The zero-order chi connectivity index (χ0) is 18.1. The minimum absolute atomic E-state index is 0.149. The molecular formula is C17H24N6O3. The third kappa shape index (κ3) is 3.37. The van der Waals surface area contributed by atoms with Crippen LogP contribution in [0.1, 0.15) is 23.2 Å². The zero-order valence-electron chi connectivity index (χ0n) is 14.9. The summed E-state index contributed by atoms with van der Waals surface area (Å²) in [5, 5.41) is 19.2. The quantitative estimate of drug-likeness (QED) is 0.781. The van der Waals surface area contributed by atoms with Crippen LogP contribution in [0.4, 0.5) is 0 Å². The first-order valence-corrected chi connectivity index (χ1v) is 8.92. The molecule has 2 aromatic heterocycles. The van der Waals surface area contributed by atoms with Gasteiger partial charge in [0.05, 0.1) is 43.4 Å². The number of amides is 1. The zero-order valence-corrected chi connectivity index (χ0v) is 14.9. The van der Waals surface area contributed by atoms with Crippen molar-refractivity contribution in [2.24, 2.45) is 7.05 Å². The topological polar surface area (TPSA) is 88.7 Å². The number of aliphatic hydroxyl groups excluding tert-OH is 1. The molecule has 4 rings (SSSR count). The van der Waals surface area contributed by atoms with E-state index in [9.17, 15) is 9.90 Å². The van der Waals surface area contributed by atoms with E-state index in [1.165, 1.54) is 0 Å². The van der Waals surface area contributed by atoms with Crippen molar-refractivity contribution in [3.63, 3.8) is 0 Å². The van der Waals surface area contributed by atoms with Crippen molar-refractivity contribution in [2.75, 3.05) is 39.4 Å². The van der Waals surface area contributed by atoms with Crippen molar-refractivity contribution in [1.82, 2.24) is 29.4 Å². The lowest BCUT2D eigenvalue weighted by Gasteiger charge is -2.31. The smallest absolute Gasteiger partial charge is 0.236 e. The molecule has 1 atom stereocenters. The summed E-state index contributed by atoms with van der Waals surface area (Å²) in [6, 6.07) is 3.71. The number of nitrogens with zero attached hydrogens (tertiary/aromatic N) is 6. The number of carbonyl (C=O) groups excluding carboxylic acids is 1. The van der Waals surface area contributed by atoms with Crippen LogP contribution in [0, 0.1) is 0 Å². The molecule has 2 aliphatic rings. The van der Waals surface area contributed by atoms with Crippen molar-refractivity contribution in [3.05, 3.63) is 35.4 Å². The van der Waals surface area contributed by atoms with Crippen molar-refractivity contribution in [1.29, 1.82) is 0 Å². The summed E-state index contributed by atoms with van der Waals surface area (Å²) in [6.07, 6.45) is 0.858. The van der Waals surface area contributed by atoms with Gasteiger partial charge in [-0.05, 0) is 12.1 Å². The normalized spacial score (nSPS) is 19.4. The molecule has 9 nitrogen and oxygen atoms in total. The van der Waals surface area contributed by atoms with E-state index >= 15 is 0 Å². The second-order valence-electron chi connectivity index (χ2n) is 6.77. The van der Waals surface area contributed by atoms with E-state index in [1.807, 2.05) is 15.6 Å². The molecule has 0 radical (unpaired) electrons. The molecule has 4 heterocycles. The Hall–Kier alpha value is -2.23. The number of aliphatic hydroxyl groups is 1. The molecule has 1 fully saturated rings. The maximum absolute atomic E-state index is 12.4. The molecular weight excluding hydrogens is 336 g/mol. The summed E-state index contributed by atoms with van der Waals surface area (Å²) < 4.78 is 8.87. The highest BCUT2D eigenvalue weighted by Gasteiger charge is 2.26. The summed E-state index contributed by atoms with van der Waals surface area (Å²) in [4.78, 5) is 16.4. The Morgan fingerprint density at radius 3 is 2.85 bits per heavy atom. The summed E-state index contributed by atoms with van der Waals surface area (Å²) in [6.45, 7) is 5.13. The van der Waals surface area contributed by atoms with Gasteiger partial charge in [-0.2, -0.15) is 10.2 Å². The van der Waals surface area contributed by atoms with Crippen molar-refractivity contribution in [3.8, 4) is 0 Å². The van der Waals surface area contributed by atoms with Gasteiger partial charge < -0.3 is 14.7 Å². The lowest BCUT2D eigenvalue weighted by atomic mass is 10.1. The van der Waals surface area contributed by atoms with Crippen molar-refractivity contribution >= 4 is 5.91 Å². The molecule has 26 heavy (non-hydrogen) atoms. The van der Waals surface area contributed by atoms with Crippen LogP contribution < -0.4 is 0 Å². The van der Waals surface area contributed by atoms with Gasteiger partial charge in [0.1, 0.15) is 6.10 Å². The number of hydrogen-bond acceptors (Lipinski definition) is 6. The Bertz CT molecular complexity index is 779. The van der Waals surface area contributed by atoms with E-state index in [1.54, 1.807) is 24.0 Å². The standard InChI is InChI=1S/C17H24N6O3/c1-20-15(2-3-18-20)17(25)14-10-13-11-21(4-5-23(13)19-14)12-16(24)22-6-8-26-9-7-22/h2-3,10,17,25H,4-9,11-12H2,1H3/t17-/m1/s1. The van der Waals surface area contributed by atoms with Crippen LogP contribution in [-0.2, 0) is 29.7 Å². The third-order valence-corrected chi connectivity index (χ3v) is 5.04. The predicted molar refractivity (Wildman–Crippen MR) is 92.2 cm³/mol. The fourth-order valence-corrected chi connectivity index (χ4v) is 3.52. The number of hydrogen-bond donors (Lipinski definition) is 1. The SMILES string of the molecule is Cn1nccc1[C@H](O)c1cc2n(n1)CCN(CC(=O)N1CCOCC1)C2. The fourth-order valence-electron chi connectivity index (χ4n) is 3.52. The van der Waals surface area contributed by atoms with Gasteiger partial charge in [0.2, 0.25) is 5.91 Å². The average molecular weight is 360 g/mol. The highest BCUT2D eigenvalue weighted by atomic mass is 16.5. The summed E-state index contributed by atoms with van der Waals surface area (Å²) in [5.41, 5.74) is 2.34. The van der Waals surface area contributed by atoms with Gasteiger partial charge in [0.25, 0.3) is 0 Å². The second kappa shape index (κ2) is 7.18. The van der Waals surface area contributed by atoms with Gasteiger partial charge in [0, 0.05) is 39.4 Å². The minimum atomic E-state index is -0.802. The molecule has 1 amide bonds. The number of fused-ring (bicyclic) bond motifs is 1. The molecule has 0 unspecified atom stereocenters. The lowest BCUT2D eigenvalue weighted by molar-refractivity contribution is -0.136. The monoisotopic (exact) mass is 360 g/mol. The Labute approximate surface area is 151 Å². The molecule has 2 aliphatic heterocycles. The predicted octanol–water partition coefficient (Wildman–Crippen LogP) is -0.627. The molecule has 2 aromatic rings. The molecule has 0 spiro atoms. The van der Waals surface area contributed by atoms with Crippen LogP contribution in [0.25, 0.3) is 0 Å². The summed E-state index contributed by atoms with van der Waals surface area (Å²) in [7, 11) is 1.80. The Balaban J connectivity index is 1.42. The molecule has 0 bridgehead atoms. The maximum Gasteiger partial charge on any atom is 0.236 e. The first-order chi connectivity index (χ1) is 12.6. The third-order valence-electron chi connectivity index (χ3n) is 5.04. The minimum Gasteiger partial charge on any atom is -0.380 e. The first kappa shape index (κ1) is 17.2. The first-order valence-electron chi connectivity index (χ1n) is 8.92. The highest BCUT2D eigenvalue weighted by molar-refractivity contribution is 5.78. The molecule has 0 aromatic carbocycles. The van der Waals surface area contributed by atoms with Gasteiger partial charge in [-0.15, -0.1) is 0 Å². The maximum atomic E-state index is 12.4. The molecule has 0 aliphatic carbocycles. The van der Waals surface area contributed by atoms with Crippen LogP contribution in [0.15, 0.2) is 18.3 Å². The van der Waals surface area contributed by atoms with E-state index in [2.05, 4.69) is 15.1 Å². The number of morpholine rings is 1. The van der Waals surface area contributed by atoms with Gasteiger partial charge >= 0.3 is 0 Å². The van der Waals surface area contributed by atoms with Gasteiger partial charge in [0.15, 0.2) is 0 Å². The van der Waals surface area contributed by atoms with Crippen LogP contribution in [0.3, 0.4) is 0 Å². The Morgan fingerprint density at radius 1 is 1.31 bits per heavy atom. The fraction of sp³-hybridized carbons (Fsp3) is 0.588. The number of aromatic nitrogens is 4. The number of rotatable bonds is 4. The average Bonchev–Trinajstić information content (AvgIpc) is 3.27. The second-order valence-corrected chi connectivity index (χ2v) is 6.77. The van der Waals surface area contributed by atoms with Gasteiger partial charge in [-0.3, -0.25) is 19.1 Å². The van der Waals surface area contributed by atoms with Gasteiger partial charge in [-0.1, -0.05) is 0 Å². The Morgan fingerprint density at radius 2 is 2.12 bits per heavy atom. The van der Waals surface area contributed by atoms with Crippen molar-refractivity contribution in [2.45, 2.75) is 19.2 Å². The molecule has 0 saturated carbocycles. The molecule has 140 valence electrons. The lowest BCUT2D eigenvalue weighted by Crippen LogP contribution is -2.47. The summed E-state index contributed by atoms with van der Waals surface area (Å²) >= 11 is 0. The van der Waals surface area contributed by atoms with E-state index in [4.69, 9.17) is 4.74 Å². The largest absolute Gasteiger partial charge is 0.380 e. The van der Waals surface area contributed by atoms with Crippen molar-refractivity contribution < 1.29 is 14.6 Å². The molecule has 1 N–H and O–H groups in total.